The maximum atomic E-state index is 5.93. The highest BCUT2D eigenvalue weighted by atomic mass is 35.5. The van der Waals surface area contributed by atoms with Crippen LogP contribution in [0.15, 0.2) is 48.2 Å². The number of ether oxygens (including phenoxy) is 1. The Kier molecular flexibility index (Phi) is 5.14. The SMILES string of the molecule is CC(C)=CCn1c(C)c(C)c2ccnc(COc3ccc(Cl)cc3)c21. The molecule has 0 N–H and O–H groups in total. The first-order valence-electron chi connectivity index (χ1n) is 8.42. The second kappa shape index (κ2) is 7.32. The van der Waals surface area contributed by atoms with Gasteiger partial charge in [-0.1, -0.05) is 23.3 Å². The highest BCUT2D eigenvalue weighted by Gasteiger charge is 2.15. The van der Waals surface area contributed by atoms with E-state index in [4.69, 9.17) is 16.3 Å². The fraction of sp³-hybridized carbons (Fsp3) is 0.286. The quantitative estimate of drug-likeness (QED) is 0.537. The summed E-state index contributed by atoms with van der Waals surface area (Å²) in [5.74, 6) is 0.791. The van der Waals surface area contributed by atoms with Gasteiger partial charge in [0, 0.05) is 28.8 Å². The first kappa shape index (κ1) is 17.6. The molecule has 3 aromatic rings. The zero-order valence-electron chi connectivity index (χ0n) is 15.1. The molecule has 2 aromatic heterocycles. The normalized spacial score (nSPS) is 10.9. The van der Waals surface area contributed by atoms with Gasteiger partial charge in [-0.3, -0.25) is 4.98 Å². The van der Waals surface area contributed by atoms with E-state index in [9.17, 15) is 0 Å². The Morgan fingerprint density at radius 1 is 1.16 bits per heavy atom. The number of rotatable bonds is 5. The van der Waals surface area contributed by atoms with Gasteiger partial charge in [0.05, 0.1) is 5.52 Å². The monoisotopic (exact) mass is 354 g/mol. The van der Waals surface area contributed by atoms with Crippen LogP contribution in [0.4, 0.5) is 0 Å². The van der Waals surface area contributed by atoms with Gasteiger partial charge in [-0.2, -0.15) is 0 Å². The van der Waals surface area contributed by atoms with Crippen molar-refractivity contribution in [3.63, 3.8) is 0 Å². The van der Waals surface area contributed by atoms with E-state index in [-0.39, 0.29) is 0 Å². The van der Waals surface area contributed by atoms with Crippen LogP contribution >= 0.6 is 11.6 Å². The molecular weight excluding hydrogens is 332 g/mol. The first-order chi connectivity index (χ1) is 12.0. The zero-order chi connectivity index (χ0) is 18.0. The Morgan fingerprint density at radius 2 is 1.88 bits per heavy atom. The predicted molar refractivity (Wildman–Crippen MR) is 104 cm³/mol. The van der Waals surface area contributed by atoms with Crippen molar-refractivity contribution >= 4 is 22.5 Å². The maximum absolute atomic E-state index is 5.93. The smallest absolute Gasteiger partial charge is 0.132 e. The van der Waals surface area contributed by atoms with E-state index in [0.717, 1.165) is 23.5 Å². The largest absolute Gasteiger partial charge is 0.487 e. The van der Waals surface area contributed by atoms with Crippen molar-refractivity contribution in [2.45, 2.75) is 40.8 Å². The van der Waals surface area contributed by atoms with E-state index in [1.165, 1.54) is 22.2 Å². The Labute approximate surface area is 153 Å². The molecule has 0 aliphatic heterocycles. The fourth-order valence-corrected chi connectivity index (χ4v) is 3.08. The number of fused-ring (bicyclic) bond motifs is 1. The van der Waals surface area contributed by atoms with Crippen LogP contribution in [-0.4, -0.2) is 9.55 Å². The third kappa shape index (κ3) is 3.72. The first-order valence-corrected chi connectivity index (χ1v) is 8.80. The van der Waals surface area contributed by atoms with E-state index >= 15 is 0 Å². The third-order valence-corrected chi connectivity index (χ3v) is 4.74. The molecule has 0 bridgehead atoms. The second-order valence-electron chi connectivity index (χ2n) is 6.50. The Balaban J connectivity index is 1.98. The van der Waals surface area contributed by atoms with Crippen LogP contribution in [0.5, 0.6) is 5.75 Å². The van der Waals surface area contributed by atoms with Crippen molar-refractivity contribution in [1.82, 2.24) is 9.55 Å². The summed E-state index contributed by atoms with van der Waals surface area (Å²) in [5.41, 5.74) is 5.98. The summed E-state index contributed by atoms with van der Waals surface area (Å²) in [6.07, 6.45) is 4.10. The van der Waals surface area contributed by atoms with Crippen LogP contribution in [0, 0.1) is 13.8 Å². The number of benzene rings is 1. The molecule has 0 atom stereocenters. The molecule has 2 heterocycles. The average Bonchev–Trinajstić information content (AvgIpc) is 2.84. The number of allylic oxidation sites excluding steroid dienone is 2. The van der Waals surface area contributed by atoms with Crippen molar-refractivity contribution in [3.8, 4) is 5.75 Å². The number of halogens is 1. The Morgan fingerprint density at radius 3 is 2.56 bits per heavy atom. The Hall–Kier alpha value is -2.26. The molecule has 0 fully saturated rings. The summed E-state index contributed by atoms with van der Waals surface area (Å²) in [6.45, 7) is 9.85. The van der Waals surface area contributed by atoms with Crippen LogP contribution in [0.3, 0.4) is 0 Å². The number of hydrogen-bond acceptors (Lipinski definition) is 2. The average molecular weight is 355 g/mol. The molecule has 0 spiro atoms. The van der Waals surface area contributed by atoms with E-state index in [0.29, 0.717) is 11.6 Å². The van der Waals surface area contributed by atoms with Gasteiger partial charge >= 0.3 is 0 Å². The molecule has 0 aliphatic rings. The molecule has 0 saturated heterocycles. The van der Waals surface area contributed by atoms with Gasteiger partial charge in [-0.05, 0) is 63.6 Å². The lowest BCUT2D eigenvalue weighted by molar-refractivity contribution is 0.302. The number of hydrogen-bond donors (Lipinski definition) is 0. The Bertz CT molecular complexity index is 919. The number of aryl methyl sites for hydroxylation is 1. The molecule has 3 nitrogen and oxygen atoms in total. The van der Waals surface area contributed by atoms with E-state index in [2.05, 4.69) is 49.4 Å². The lowest BCUT2D eigenvalue weighted by Gasteiger charge is -2.11. The lowest BCUT2D eigenvalue weighted by atomic mass is 10.2. The highest BCUT2D eigenvalue weighted by Crippen LogP contribution is 2.28. The van der Waals surface area contributed by atoms with Crippen LogP contribution in [0.1, 0.15) is 30.8 Å². The van der Waals surface area contributed by atoms with Crippen molar-refractivity contribution in [2.24, 2.45) is 0 Å². The zero-order valence-corrected chi connectivity index (χ0v) is 15.9. The number of pyridine rings is 1. The maximum Gasteiger partial charge on any atom is 0.132 e. The van der Waals surface area contributed by atoms with Crippen LogP contribution < -0.4 is 4.74 Å². The van der Waals surface area contributed by atoms with Gasteiger partial charge in [0.25, 0.3) is 0 Å². The number of aromatic nitrogens is 2. The van der Waals surface area contributed by atoms with Gasteiger partial charge in [0.2, 0.25) is 0 Å². The van der Waals surface area contributed by atoms with E-state index in [1.807, 2.05) is 30.5 Å². The molecule has 0 amide bonds. The lowest BCUT2D eigenvalue weighted by Crippen LogP contribution is -2.05. The minimum Gasteiger partial charge on any atom is -0.487 e. The number of nitrogens with zero attached hydrogens (tertiary/aromatic N) is 2. The summed E-state index contributed by atoms with van der Waals surface area (Å²) in [6, 6.07) is 9.50. The van der Waals surface area contributed by atoms with Crippen LogP contribution in [0.25, 0.3) is 10.9 Å². The predicted octanol–water partition coefficient (Wildman–Crippen LogP) is 5.85. The molecule has 1 aromatic carbocycles. The molecule has 25 heavy (non-hydrogen) atoms. The second-order valence-corrected chi connectivity index (χ2v) is 6.94. The van der Waals surface area contributed by atoms with Crippen molar-refractivity contribution < 1.29 is 4.74 Å². The standard InChI is InChI=1S/C21H23ClN2O/c1-14(2)10-12-24-16(4)15(3)19-9-11-23-20(21(19)24)13-25-18-7-5-17(22)6-8-18/h5-11H,12-13H2,1-4H3. The third-order valence-electron chi connectivity index (χ3n) is 4.49. The minimum absolute atomic E-state index is 0.427. The minimum atomic E-state index is 0.427. The molecule has 130 valence electrons. The van der Waals surface area contributed by atoms with Crippen molar-refractivity contribution in [3.05, 3.63) is 70.2 Å². The van der Waals surface area contributed by atoms with Crippen molar-refractivity contribution in [1.29, 1.82) is 0 Å². The topological polar surface area (TPSA) is 27.1 Å². The highest BCUT2D eigenvalue weighted by molar-refractivity contribution is 6.30. The van der Waals surface area contributed by atoms with Gasteiger partial charge in [-0.15, -0.1) is 0 Å². The summed E-state index contributed by atoms with van der Waals surface area (Å²) < 4.78 is 8.26. The van der Waals surface area contributed by atoms with Gasteiger partial charge in [0.15, 0.2) is 0 Å². The van der Waals surface area contributed by atoms with E-state index in [1.54, 1.807) is 0 Å². The van der Waals surface area contributed by atoms with Crippen molar-refractivity contribution in [2.75, 3.05) is 0 Å². The fourth-order valence-electron chi connectivity index (χ4n) is 2.96. The molecule has 0 unspecified atom stereocenters. The summed E-state index contributed by atoms with van der Waals surface area (Å²) in [4.78, 5) is 4.59. The van der Waals surface area contributed by atoms with Crippen LogP contribution in [0.2, 0.25) is 5.02 Å². The van der Waals surface area contributed by atoms with E-state index < -0.39 is 0 Å². The molecule has 0 saturated carbocycles. The molecule has 3 rings (SSSR count). The van der Waals surface area contributed by atoms with Gasteiger partial charge < -0.3 is 9.30 Å². The summed E-state index contributed by atoms with van der Waals surface area (Å²) in [5, 5.41) is 1.94. The van der Waals surface area contributed by atoms with Crippen LogP contribution in [-0.2, 0) is 13.2 Å². The summed E-state index contributed by atoms with van der Waals surface area (Å²) >= 11 is 5.93. The van der Waals surface area contributed by atoms with Gasteiger partial charge in [0.1, 0.15) is 18.1 Å². The molecule has 0 radical (unpaired) electrons. The van der Waals surface area contributed by atoms with Gasteiger partial charge in [-0.25, -0.2) is 0 Å². The molecular formula is C21H23ClN2O. The molecule has 0 aliphatic carbocycles. The summed E-state index contributed by atoms with van der Waals surface area (Å²) in [7, 11) is 0. The molecule has 4 heteroatoms.